The quantitative estimate of drug-likeness (QED) is 0.637. The van der Waals surface area contributed by atoms with Crippen molar-refractivity contribution >= 4 is 17.6 Å². The van der Waals surface area contributed by atoms with Gasteiger partial charge in [0.05, 0.1) is 6.10 Å². The zero-order valence-electron chi connectivity index (χ0n) is 9.61. The van der Waals surface area contributed by atoms with Crippen LogP contribution >= 0.6 is 0 Å². The number of hydrogen-bond acceptors (Lipinski definition) is 4. The number of amides is 1. The normalized spacial score (nSPS) is 23.1. The number of nitrogen functional groups attached to an aromatic ring is 1. The molecule has 6 nitrogen and oxygen atoms in total. The van der Waals surface area contributed by atoms with Crippen LogP contribution in [0.1, 0.15) is 16.8 Å². The number of aliphatic carboxylic acids is 1. The van der Waals surface area contributed by atoms with Crippen LogP contribution in [0.2, 0.25) is 0 Å². The van der Waals surface area contributed by atoms with Gasteiger partial charge in [-0.15, -0.1) is 0 Å². The lowest BCUT2D eigenvalue weighted by Crippen LogP contribution is -2.40. The minimum atomic E-state index is -1.10. The fourth-order valence-corrected chi connectivity index (χ4v) is 2.06. The third kappa shape index (κ3) is 2.28. The molecule has 6 heteroatoms. The van der Waals surface area contributed by atoms with E-state index in [0.717, 1.165) is 0 Å². The highest BCUT2D eigenvalue weighted by molar-refractivity contribution is 5.97. The second kappa shape index (κ2) is 4.66. The Labute approximate surface area is 104 Å². The van der Waals surface area contributed by atoms with Gasteiger partial charge in [-0.05, 0) is 24.3 Å². The van der Waals surface area contributed by atoms with Gasteiger partial charge < -0.3 is 20.8 Å². The third-order valence-electron chi connectivity index (χ3n) is 2.98. The van der Waals surface area contributed by atoms with Crippen molar-refractivity contribution in [1.82, 2.24) is 4.90 Å². The third-order valence-corrected chi connectivity index (χ3v) is 2.98. The summed E-state index contributed by atoms with van der Waals surface area (Å²) < 4.78 is 0. The maximum absolute atomic E-state index is 12.1. The molecule has 1 heterocycles. The highest BCUT2D eigenvalue weighted by atomic mass is 16.4. The SMILES string of the molecule is Nc1ccc(C(=O)N2C[C@H](O)C[C@H]2C(=O)O)cc1. The van der Waals surface area contributed by atoms with Crippen LogP contribution in [0.5, 0.6) is 0 Å². The first kappa shape index (κ1) is 12.4. The van der Waals surface area contributed by atoms with Crippen LogP contribution < -0.4 is 5.73 Å². The largest absolute Gasteiger partial charge is 0.480 e. The number of β-amino-alcohol motifs (C(OH)–C–C–N with tert-alkyl or cyclic N) is 1. The molecule has 0 unspecified atom stereocenters. The van der Waals surface area contributed by atoms with Crippen molar-refractivity contribution < 1.29 is 19.8 Å². The molecule has 0 aromatic heterocycles. The van der Waals surface area contributed by atoms with Crippen molar-refractivity contribution in [1.29, 1.82) is 0 Å². The molecule has 0 saturated carbocycles. The minimum absolute atomic E-state index is 0.0418. The predicted molar refractivity (Wildman–Crippen MR) is 63.9 cm³/mol. The number of carbonyl (C=O) groups excluding carboxylic acids is 1. The fourth-order valence-electron chi connectivity index (χ4n) is 2.06. The molecule has 1 aliphatic heterocycles. The number of nitrogens with zero attached hydrogens (tertiary/aromatic N) is 1. The van der Waals surface area contributed by atoms with E-state index in [-0.39, 0.29) is 13.0 Å². The summed E-state index contributed by atoms with van der Waals surface area (Å²) in [6.45, 7) is 0.0418. The van der Waals surface area contributed by atoms with Gasteiger partial charge in [0.2, 0.25) is 0 Å². The zero-order valence-corrected chi connectivity index (χ0v) is 9.61. The summed E-state index contributed by atoms with van der Waals surface area (Å²) in [6.07, 6.45) is -0.723. The maximum Gasteiger partial charge on any atom is 0.326 e. The van der Waals surface area contributed by atoms with Gasteiger partial charge in [0.1, 0.15) is 6.04 Å². The highest BCUT2D eigenvalue weighted by Gasteiger charge is 2.39. The Kier molecular flexibility index (Phi) is 3.20. The first-order valence-corrected chi connectivity index (χ1v) is 5.56. The van der Waals surface area contributed by atoms with E-state index in [4.69, 9.17) is 10.8 Å². The van der Waals surface area contributed by atoms with Crippen LogP contribution in [0.25, 0.3) is 0 Å². The molecule has 18 heavy (non-hydrogen) atoms. The summed E-state index contributed by atoms with van der Waals surface area (Å²) in [7, 11) is 0. The lowest BCUT2D eigenvalue weighted by atomic mass is 10.1. The summed E-state index contributed by atoms with van der Waals surface area (Å²) in [4.78, 5) is 24.3. The number of benzene rings is 1. The number of carbonyl (C=O) groups is 2. The van der Waals surface area contributed by atoms with Crippen molar-refractivity contribution in [2.24, 2.45) is 0 Å². The van der Waals surface area contributed by atoms with Crippen LogP contribution in [0.4, 0.5) is 5.69 Å². The number of aliphatic hydroxyl groups is 1. The predicted octanol–water partition coefficient (Wildman–Crippen LogP) is -0.0712. The second-order valence-corrected chi connectivity index (χ2v) is 4.32. The molecule has 96 valence electrons. The summed E-state index contributed by atoms with van der Waals surface area (Å²) in [5, 5.41) is 18.5. The minimum Gasteiger partial charge on any atom is -0.480 e. The number of carboxylic acid groups (broad SMARTS) is 1. The molecule has 1 aliphatic rings. The van der Waals surface area contributed by atoms with Crippen molar-refractivity contribution in [3.05, 3.63) is 29.8 Å². The molecule has 0 bridgehead atoms. The number of aliphatic hydroxyl groups excluding tert-OH is 1. The van der Waals surface area contributed by atoms with Crippen LogP contribution in [0, 0.1) is 0 Å². The van der Waals surface area contributed by atoms with Gasteiger partial charge in [-0.1, -0.05) is 0 Å². The van der Waals surface area contributed by atoms with Gasteiger partial charge in [0.25, 0.3) is 5.91 Å². The summed E-state index contributed by atoms with van der Waals surface area (Å²) in [6, 6.07) is 5.28. The van der Waals surface area contributed by atoms with Gasteiger partial charge in [-0.3, -0.25) is 4.79 Å². The van der Waals surface area contributed by atoms with Gasteiger partial charge in [0, 0.05) is 24.2 Å². The molecular formula is C12H14N2O4. The lowest BCUT2D eigenvalue weighted by Gasteiger charge is -2.21. The molecule has 4 N–H and O–H groups in total. The molecule has 1 aromatic carbocycles. The monoisotopic (exact) mass is 250 g/mol. The highest BCUT2D eigenvalue weighted by Crippen LogP contribution is 2.21. The lowest BCUT2D eigenvalue weighted by molar-refractivity contribution is -0.141. The average molecular weight is 250 g/mol. The Morgan fingerprint density at radius 2 is 1.89 bits per heavy atom. The molecule has 1 amide bonds. The smallest absolute Gasteiger partial charge is 0.326 e. The summed E-state index contributed by atoms with van der Waals surface area (Å²) in [5.74, 6) is -1.51. The van der Waals surface area contributed by atoms with E-state index in [2.05, 4.69) is 0 Å². The van der Waals surface area contributed by atoms with Crippen molar-refractivity contribution in [2.45, 2.75) is 18.6 Å². The molecule has 0 aliphatic carbocycles. The van der Waals surface area contributed by atoms with Gasteiger partial charge >= 0.3 is 5.97 Å². The van der Waals surface area contributed by atoms with E-state index in [1.165, 1.54) is 4.90 Å². The van der Waals surface area contributed by atoms with Crippen molar-refractivity contribution in [3.8, 4) is 0 Å². The Bertz CT molecular complexity index is 471. The van der Waals surface area contributed by atoms with Crippen molar-refractivity contribution in [2.75, 3.05) is 12.3 Å². The Morgan fingerprint density at radius 3 is 2.44 bits per heavy atom. The molecule has 2 rings (SSSR count). The van der Waals surface area contributed by atoms with E-state index in [1.54, 1.807) is 24.3 Å². The number of likely N-dealkylation sites (tertiary alicyclic amines) is 1. The summed E-state index contributed by atoms with van der Waals surface area (Å²) in [5.41, 5.74) is 6.41. The molecule has 1 fully saturated rings. The van der Waals surface area contributed by atoms with Crippen molar-refractivity contribution in [3.63, 3.8) is 0 Å². The number of carboxylic acids is 1. The van der Waals surface area contributed by atoms with Gasteiger partial charge in [-0.25, -0.2) is 4.79 Å². The first-order valence-electron chi connectivity index (χ1n) is 5.56. The number of hydrogen-bond donors (Lipinski definition) is 3. The average Bonchev–Trinajstić information content (AvgIpc) is 2.71. The molecule has 1 aromatic rings. The Hall–Kier alpha value is -2.08. The first-order chi connectivity index (χ1) is 8.49. The van der Waals surface area contributed by atoms with Crippen LogP contribution in [0.3, 0.4) is 0 Å². The molecule has 1 saturated heterocycles. The van der Waals surface area contributed by atoms with E-state index in [9.17, 15) is 14.7 Å². The second-order valence-electron chi connectivity index (χ2n) is 4.32. The van der Waals surface area contributed by atoms with Gasteiger partial charge in [-0.2, -0.15) is 0 Å². The Balaban J connectivity index is 2.22. The molecular weight excluding hydrogens is 236 g/mol. The van der Waals surface area contributed by atoms with Crippen LogP contribution in [0.15, 0.2) is 24.3 Å². The van der Waals surface area contributed by atoms with E-state index >= 15 is 0 Å². The van der Waals surface area contributed by atoms with Crippen LogP contribution in [-0.4, -0.2) is 45.7 Å². The fraction of sp³-hybridized carbons (Fsp3) is 0.333. The molecule has 0 radical (unpaired) electrons. The number of rotatable bonds is 2. The number of nitrogens with two attached hydrogens (primary N) is 1. The van der Waals surface area contributed by atoms with Crippen LogP contribution in [-0.2, 0) is 4.79 Å². The van der Waals surface area contributed by atoms with E-state index < -0.39 is 24.0 Å². The molecule has 0 spiro atoms. The summed E-state index contributed by atoms with van der Waals surface area (Å²) >= 11 is 0. The number of anilines is 1. The Morgan fingerprint density at radius 1 is 1.28 bits per heavy atom. The van der Waals surface area contributed by atoms with E-state index in [1.807, 2.05) is 0 Å². The van der Waals surface area contributed by atoms with E-state index in [0.29, 0.717) is 11.3 Å². The zero-order chi connectivity index (χ0) is 13.3. The maximum atomic E-state index is 12.1. The standard InChI is InChI=1S/C12H14N2O4/c13-8-3-1-7(2-4-8)11(16)14-6-9(15)5-10(14)12(17)18/h1-4,9-10,15H,5-6,13H2,(H,17,18)/t9-,10+/m1/s1. The van der Waals surface area contributed by atoms with Gasteiger partial charge in [0.15, 0.2) is 0 Å². The molecule has 2 atom stereocenters. The topological polar surface area (TPSA) is 104 Å².